The number of hydrogen-bond acceptors (Lipinski definition) is 2. The average Bonchev–Trinajstić information content (AvgIpc) is 2.50. The van der Waals surface area contributed by atoms with Crippen molar-refractivity contribution in [3.63, 3.8) is 0 Å². The number of benzene rings is 1. The molecule has 2 radical (unpaired) electrons. The molecule has 0 aromatic heterocycles. The molecule has 2 aliphatic rings. The molecular formula is C15H22O2Si2. The van der Waals surface area contributed by atoms with E-state index in [0.29, 0.717) is 0 Å². The second-order valence-electron chi connectivity index (χ2n) is 5.41. The van der Waals surface area contributed by atoms with E-state index in [1.54, 1.807) is 0 Å². The molecule has 0 spiro atoms. The molecule has 0 aliphatic carbocycles. The van der Waals surface area contributed by atoms with Crippen LogP contribution < -0.4 is 5.19 Å². The summed E-state index contributed by atoms with van der Waals surface area (Å²) in [6, 6.07) is 12.7. The number of rotatable bonds is 3. The van der Waals surface area contributed by atoms with E-state index in [1.165, 1.54) is 54.6 Å². The monoisotopic (exact) mass is 290 g/mol. The first-order valence-corrected chi connectivity index (χ1v) is 10.9. The molecule has 4 heteroatoms. The highest BCUT2D eigenvalue weighted by Crippen LogP contribution is 2.17. The third-order valence-electron chi connectivity index (χ3n) is 3.94. The van der Waals surface area contributed by atoms with Crippen LogP contribution in [0.1, 0.15) is 31.2 Å². The van der Waals surface area contributed by atoms with E-state index in [0.717, 1.165) is 13.2 Å². The van der Waals surface area contributed by atoms with Crippen LogP contribution in [-0.4, -0.2) is 31.3 Å². The SMILES string of the molecule is c1ccc([Si]2CCCCO2)c(C[Si]2CCCCO2)c1. The Labute approximate surface area is 119 Å². The van der Waals surface area contributed by atoms with E-state index in [4.69, 9.17) is 8.85 Å². The normalized spacial score (nSPS) is 22.5. The fourth-order valence-electron chi connectivity index (χ4n) is 2.88. The van der Waals surface area contributed by atoms with Crippen molar-refractivity contribution in [2.24, 2.45) is 0 Å². The summed E-state index contributed by atoms with van der Waals surface area (Å²) in [5.41, 5.74) is 1.52. The van der Waals surface area contributed by atoms with Crippen molar-refractivity contribution >= 4 is 23.3 Å². The summed E-state index contributed by atoms with van der Waals surface area (Å²) in [4.78, 5) is 0. The summed E-state index contributed by atoms with van der Waals surface area (Å²) in [7, 11) is -1.34. The first-order chi connectivity index (χ1) is 9.43. The predicted octanol–water partition coefficient (Wildman–Crippen LogP) is 2.58. The van der Waals surface area contributed by atoms with Gasteiger partial charge in [-0.05, 0) is 41.7 Å². The van der Waals surface area contributed by atoms with Gasteiger partial charge in [0.05, 0.1) is 0 Å². The fraction of sp³-hybridized carbons (Fsp3) is 0.600. The van der Waals surface area contributed by atoms with Crippen LogP contribution >= 0.6 is 0 Å². The predicted molar refractivity (Wildman–Crippen MR) is 81.3 cm³/mol. The summed E-state index contributed by atoms with van der Waals surface area (Å²) in [6.07, 6.45) is 5.21. The second kappa shape index (κ2) is 6.84. The van der Waals surface area contributed by atoms with Crippen molar-refractivity contribution in [3.05, 3.63) is 29.8 Å². The molecule has 3 rings (SSSR count). The molecule has 0 amide bonds. The molecule has 0 N–H and O–H groups in total. The zero-order valence-electron chi connectivity index (χ0n) is 11.5. The maximum absolute atomic E-state index is 6.07. The average molecular weight is 291 g/mol. The molecule has 0 saturated carbocycles. The van der Waals surface area contributed by atoms with Crippen LogP contribution in [0.4, 0.5) is 0 Å². The molecule has 102 valence electrons. The van der Waals surface area contributed by atoms with Gasteiger partial charge < -0.3 is 8.85 Å². The van der Waals surface area contributed by atoms with Gasteiger partial charge in [0, 0.05) is 13.2 Å². The van der Waals surface area contributed by atoms with Crippen LogP contribution in [0.5, 0.6) is 0 Å². The summed E-state index contributed by atoms with van der Waals surface area (Å²) >= 11 is 0. The topological polar surface area (TPSA) is 18.5 Å². The fourth-order valence-corrected chi connectivity index (χ4v) is 7.63. The van der Waals surface area contributed by atoms with E-state index in [2.05, 4.69) is 24.3 Å². The van der Waals surface area contributed by atoms with Crippen molar-refractivity contribution < 1.29 is 8.85 Å². The molecule has 2 aliphatic heterocycles. The van der Waals surface area contributed by atoms with Gasteiger partial charge in [0.1, 0.15) is 0 Å². The van der Waals surface area contributed by atoms with E-state index >= 15 is 0 Å². The summed E-state index contributed by atoms with van der Waals surface area (Å²) < 4.78 is 12.1. The highest BCUT2D eigenvalue weighted by molar-refractivity contribution is 6.68. The van der Waals surface area contributed by atoms with Crippen LogP contribution in [0.3, 0.4) is 0 Å². The molecular weight excluding hydrogens is 268 g/mol. The molecule has 2 nitrogen and oxygen atoms in total. The minimum absolute atomic E-state index is 0.599. The zero-order valence-corrected chi connectivity index (χ0v) is 13.5. The molecule has 0 unspecified atom stereocenters. The molecule has 2 heterocycles. The highest BCUT2D eigenvalue weighted by Gasteiger charge is 2.25. The second-order valence-corrected chi connectivity index (χ2v) is 9.80. The lowest BCUT2D eigenvalue weighted by atomic mass is 10.2. The van der Waals surface area contributed by atoms with Gasteiger partial charge in [-0.1, -0.05) is 37.1 Å². The third-order valence-corrected chi connectivity index (χ3v) is 8.68. The van der Waals surface area contributed by atoms with Crippen molar-refractivity contribution in [2.45, 2.75) is 43.8 Å². The summed E-state index contributed by atoms with van der Waals surface area (Å²) in [5.74, 6) is 0. The van der Waals surface area contributed by atoms with Crippen molar-refractivity contribution in [2.75, 3.05) is 13.2 Å². The van der Waals surface area contributed by atoms with Gasteiger partial charge >= 0.3 is 0 Å². The molecule has 1 aromatic rings. The molecule has 1 aromatic carbocycles. The maximum atomic E-state index is 6.07. The Morgan fingerprint density at radius 1 is 0.895 bits per heavy atom. The third kappa shape index (κ3) is 3.57. The van der Waals surface area contributed by atoms with Crippen LogP contribution in [0.25, 0.3) is 0 Å². The van der Waals surface area contributed by atoms with Crippen LogP contribution in [-0.2, 0) is 14.9 Å². The smallest absolute Gasteiger partial charge is 0.246 e. The van der Waals surface area contributed by atoms with Gasteiger partial charge in [0.15, 0.2) is 0 Å². The summed E-state index contributed by atoms with van der Waals surface area (Å²) in [6.45, 7) is 1.96. The van der Waals surface area contributed by atoms with Gasteiger partial charge in [0.25, 0.3) is 0 Å². The van der Waals surface area contributed by atoms with Crippen molar-refractivity contribution in [3.8, 4) is 0 Å². The Morgan fingerprint density at radius 2 is 1.68 bits per heavy atom. The lowest BCUT2D eigenvalue weighted by Gasteiger charge is -2.25. The molecule has 2 fully saturated rings. The van der Waals surface area contributed by atoms with Gasteiger partial charge in [0.2, 0.25) is 18.1 Å². The molecule has 2 saturated heterocycles. The van der Waals surface area contributed by atoms with Gasteiger partial charge in [-0.15, -0.1) is 0 Å². The summed E-state index contributed by atoms with van der Waals surface area (Å²) in [5, 5.41) is 1.53. The largest absolute Gasteiger partial charge is 0.416 e. The minimum Gasteiger partial charge on any atom is -0.416 e. The van der Waals surface area contributed by atoms with E-state index in [1.807, 2.05) is 0 Å². The van der Waals surface area contributed by atoms with Crippen LogP contribution in [0, 0.1) is 0 Å². The maximum Gasteiger partial charge on any atom is 0.246 e. The highest BCUT2D eigenvalue weighted by atomic mass is 28.3. The van der Waals surface area contributed by atoms with Gasteiger partial charge in [-0.25, -0.2) is 0 Å². The zero-order chi connectivity index (χ0) is 12.9. The van der Waals surface area contributed by atoms with E-state index < -0.39 is 18.1 Å². The molecule has 0 atom stereocenters. The Kier molecular flexibility index (Phi) is 4.88. The van der Waals surface area contributed by atoms with Crippen molar-refractivity contribution in [1.82, 2.24) is 0 Å². The lowest BCUT2D eigenvalue weighted by molar-refractivity contribution is 0.286. The Morgan fingerprint density at radius 3 is 2.42 bits per heavy atom. The van der Waals surface area contributed by atoms with E-state index in [-0.39, 0.29) is 0 Å². The molecule has 19 heavy (non-hydrogen) atoms. The van der Waals surface area contributed by atoms with Crippen molar-refractivity contribution in [1.29, 1.82) is 0 Å². The van der Waals surface area contributed by atoms with Crippen LogP contribution in [0.15, 0.2) is 24.3 Å². The first kappa shape index (κ1) is 13.6. The first-order valence-electron chi connectivity index (χ1n) is 7.48. The Bertz CT molecular complexity index is 399. The standard InChI is InChI=1S/C15H22O2Si2/c1-2-8-15(19-12-6-4-10-17-19)14(7-1)13-18-11-5-3-9-16-18/h1-2,7-8H,3-6,9-13H2. The molecule has 0 bridgehead atoms. The van der Waals surface area contributed by atoms with Crippen LogP contribution in [0.2, 0.25) is 12.1 Å². The van der Waals surface area contributed by atoms with Gasteiger partial charge in [-0.2, -0.15) is 0 Å². The number of hydrogen-bond donors (Lipinski definition) is 0. The quantitative estimate of drug-likeness (QED) is 0.797. The Hall–Kier alpha value is -0.426. The van der Waals surface area contributed by atoms with Gasteiger partial charge in [-0.3, -0.25) is 0 Å². The lowest BCUT2D eigenvalue weighted by Crippen LogP contribution is -2.40. The van der Waals surface area contributed by atoms with E-state index in [9.17, 15) is 0 Å². The Balaban J connectivity index is 1.72. The minimum atomic E-state index is -0.744.